The maximum atomic E-state index is 11.3. The van der Waals surface area contributed by atoms with Crippen molar-refractivity contribution in [2.75, 3.05) is 13.7 Å². The maximum Gasteiger partial charge on any atom is 0.270 e. The van der Waals surface area contributed by atoms with Crippen molar-refractivity contribution in [1.29, 1.82) is 0 Å². The van der Waals surface area contributed by atoms with E-state index in [-0.39, 0.29) is 16.7 Å². The summed E-state index contributed by atoms with van der Waals surface area (Å²) < 4.78 is 7.85. The molecule has 1 atom stereocenters. The molecule has 6 nitrogen and oxygen atoms in total. The zero-order valence-electron chi connectivity index (χ0n) is 17.7. The van der Waals surface area contributed by atoms with Gasteiger partial charge in [0.2, 0.25) is 0 Å². The van der Waals surface area contributed by atoms with Crippen LogP contribution in [-0.2, 0) is 13.1 Å². The second kappa shape index (κ2) is 8.32. The molecular weight excluding hydrogens is 378 g/mol. The fraction of sp³-hybridized carbons (Fsp3) is 0.333. The molecule has 1 aliphatic heterocycles. The van der Waals surface area contributed by atoms with Gasteiger partial charge in [-0.25, -0.2) is 0 Å². The van der Waals surface area contributed by atoms with Crippen molar-refractivity contribution in [2.24, 2.45) is 0 Å². The van der Waals surface area contributed by atoms with Crippen LogP contribution in [0.4, 0.5) is 5.69 Å². The zero-order chi connectivity index (χ0) is 21.3. The summed E-state index contributed by atoms with van der Waals surface area (Å²) >= 11 is 0. The quantitative estimate of drug-likeness (QED) is 0.442. The van der Waals surface area contributed by atoms with E-state index in [1.54, 1.807) is 19.2 Å². The summed E-state index contributed by atoms with van der Waals surface area (Å²) in [4.78, 5) is 13.4. The Morgan fingerprint density at radius 2 is 1.93 bits per heavy atom. The van der Waals surface area contributed by atoms with E-state index < -0.39 is 0 Å². The minimum Gasteiger partial charge on any atom is -0.496 e. The van der Waals surface area contributed by atoms with E-state index in [9.17, 15) is 10.1 Å². The number of hydrogen-bond acceptors (Lipinski definition) is 4. The molecule has 1 aromatic heterocycles. The van der Waals surface area contributed by atoms with Gasteiger partial charge in [0.15, 0.2) is 0 Å². The van der Waals surface area contributed by atoms with Gasteiger partial charge in [0, 0.05) is 49.2 Å². The molecule has 0 radical (unpaired) electrons. The van der Waals surface area contributed by atoms with Crippen LogP contribution in [-0.4, -0.2) is 28.0 Å². The molecule has 2 heterocycles. The minimum absolute atomic E-state index is 0.0748. The fourth-order valence-corrected chi connectivity index (χ4v) is 4.35. The van der Waals surface area contributed by atoms with Crippen LogP contribution >= 0.6 is 0 Å². The first-order chi connectivity index (χ1) is 14.5. The maximum absolute atomic E-state index is 11.3. The predicted molar refractivity (Wildman–Crippen MR) is 117 cm³/mol. The average molecular weight is 405 g/mol. The molecule has 30 heavy (non-hydrogen) atoms. The van der Waals surface area contributed by atoms with Gasteiger partial charge in [-0.05, 0) is 55.2 Å². The van der Waals surface area contributed by atoms with Crippen molar-refractivity contribution in [1.82, 2.24) is 9.47 Å². The van der Waals surface area contributed by atoms with Crippen molar-refractivity contribution in [2.45, 2.75) is 39.4 Å². The highest BCUT2D eigenvalue weighted by Crippen LogP contribution is 2.35. The Bertz CT molecular complexity index is 1070. The molecule has 4 rings (SSSR count). The second-order valence-electron chi connectivity index (χ2n) is 7.95. The molecule has 3 aromatic rings. The summed E-state index contributed by atoms with van der Waals surface area (Å²) in [7, 11) is 1.61. The van der Waals surface area contributed by atoms with Crippen LogP contribution in [0.15, 0.2) is 54.7 Å². The number of aromatic nitrogens is 1. The number of aryl methyl sites for hydroxylation is 3. The lowest BCUT2D eigenvalue weighted by Gasteiger charge is -2.31. The highest BCUT2D eigenvalue weighted by atomic mass is 16.6. The summed E-state index contributed by atoms with van der Waals surface area (Å²) in [6, 6.07) is 15.8. The summed E-state index contributed by atoms with van der Waals surface area (Å²) in [6.07, 6.45) is 3.15. The second-order valence-corrected chi connectivity index (χ2v) is 7.95. The molecule has 0 spiro atoms. The number of ether oxygens (including phenoxy) is 1. The molecule has 6 heteroatoms. The lowest BCUT2D eigenvalue weighted by molar-refractivity contribution is -0.385. The highest BCUT2D eigenvalue weighted by molar-refractivity contribution is 5.44. The lowest BCUT2D eigenvalue weighted by atomic mass is 9.97. The standard InChI is InChI=1S/C24H27N3O3/c1-17-7-8-19(14-18(17)2)24-22-6-4-11-25(22)12-5-13-26(24)16-20-15-21(27(28)29)9-10-23(20)30-3/h4,6-11,14-15,24H,5,12-13,16H2,1-3H3. The van der Waals surface area contributed by atoms with E-state index >= 15 is 0 Å². The van der Waals surface area contributed by atoms with Gasteiger partial charge in [-0.15, -0.1) is 0 Å². The number of methoxy groups -OCH3 is 1. The molecule has 0 saturated carbocycles. The third-order valence-electron chi connectivity index (χ3n) is 6.05. The van der Waals surface area contributed by atoms with Gasteiger partial charge in [0.05, 0.1) is 18.1 Å². The molecule has 0 saturated heterocycles. The van der Waals surface area contributed by atoms with Crippen LogP contribution < -0.4 is 4.74 Å². The molecule has 0 fully saturated rings. The molecule has 0 aliphatic carbocycles. The molecule has 0 amide bonds. The Balaban J connectivity index is 1.78. The summed E-state index contributed by atoms with van der Waals surface area (Å²) in [5.74, 6) is 0.680. The highest BCUT2D eigenvalue weighted by Gasteiger charge is 2.28. The first-order valence-corrected chi connectivity index (χ1v) is 10.3. The van der Waals surface area contributed by atoms with Crippen molar-refractivity contribution in [3.8, 4) is 5.75 Å². The van der Waals surface area contributed by atoms with Crippen molar-refractivity contribution >= 4 is 5.69 Å². The number of fused-ring (bicyclic) bond motifs is 1. The number of nitrogens with zero attached hydrogens (tertiary/aromatic N) is 3. The number of nitro benzene ring substituents is 1. The van der Waals surface area contributed by atoms with E-state index in [0.717, 1.165) is 25.1 Å². The Hall–Kier alpha value is -3.12. The van der Waals surface area contributed by atoms with Crippen LogP contribution in [0.2, 0.25) is 0 Å². The van der Waals surface area contributed by atoms with Gasteiger partial charge >= 0.3 is 0 Å². The monoisotopic (exact) mass is 405 g/mol. The van der Waals surface area contributed by atoms with Crippen LogP contribution in [0.25, 0.3) is 0 Å². The number of nitro groups is 1. The van der Waals surface area contributed by atoms with Gasteiger partial charge in [-0.3, -0.25) is 15.0 Å². The first-order valence-electron chi connectivity index (χ1n) is 10.3. The molecule has 156 valence electrons. The van der Waals surface area contributed by atoms with Crippen LogP contribution in [0.5, 0.6) is 5.75 Å². The van der Waals surface area contributed by atoms with Gasteiger partial charge < -0.3 is 9.30 Å². The number of benzene rings is 2. The number of hydrogen-bond donors (Lipinski definition) is 0. The Morgan fingerprint density at radius 1 is 1.10 bits per heavy atom. The average Bonchev–Trinajstić information content (AvgIpc) is 3.11. The van der Waals surface area contributed by atoms with E-state index in [1.165, 1.54) is 28.5 Å². The van der Waals surface area contributed by atoms with Crippen molar-refractivity contribution in [3.05, 3.63) is 92.8 Å². The van der Waals surface area contributed by atoms with Crippen LogP contribution in [0.3, 0.4) is 0 Å². The van der Waals surface area contributed by atoms with E-state index in [0.29, 0.717) is 12.3 Å². The predicted octanol–water partition coefficient (Wildman–Crippen LogP) is 5.02. The molecule has 0 bridgehead atoms. The summed E-state index contributed by atoms with van der Waals surface area (Å²) in [5, 5.41) is 11.3. The number of non-ortho nitro benzene ring substituents is 1. The van der Waals surface area contributed by atoms with Gasteiger partial charge in [0.25, 0.3) is 5.69 Å². The normalized spacial score (nSPS) is 16.7. The third kappa shape index (κ3) is 3.83. The van der Waals surface area contributed by atoms with E-state index in [2.05, 4.69) is 59.8 Å². The summed E-state index contributed by atoms with van der Waals surface area (Å²) in [5.41, 5.74) is 5.95. The van der Waals surface area contributed by atoms with E-state index in [1.807, 2.05) is 0 Å². The largest absolute Gasteiger partial charge is 0.496 e. The van der Waals surface area contributed by atoms with Crippen molar-refractivity contribution < 1.29 is 9.66 Å². The molecule has 1 unspecified atom stereocenters. The Morgan fingerprint density at radius 3 is 2.67 bits per heavy atom. The Labute approximate surface area is 176 Å². The van der Waals surface area contributed by atoms with E-state index in [4.69, 9.17) is 4.74 Å². The van der Waals surface area contributed by atoms with Crippen LogP contribution in [0.1, 0.15) is 40.4 Å². The summed E-state index contributed by atoms with van der Waals surface area (Å²) in [6.45, 7) is 6.70. The lowest BCUT2D eigenvalue weighted by Crippen LogP contribution is -2.29. The van der Waals surface area contributed by atoms with Gasteiger partial charge in [-0.2, -0.15) is 0 Å². The first kappa shape index (κ1) is 20.2. The Kier molecular flexibility index (Phi) is 5.59. The SMILES string of the molecule is COc1ccc([N+](=O)[O-])cc1CN1CCCn2cccc2C1c1ccc(C)c(C)c1. The van der Waals surface area contributed by atoms with Crippen molar-refractivity contribution in [3.63, 3.8) is 0 Å². The number of rotatable bonds is 5. The minimum atomic E-state index is -0.350. The molecular formula is C24H27N3O3. The molecule has 2 aromatic carbocycles. The molecule has 0 N–H and O–H groups in total. The third-order valence-corrected chi connectivity index (χ3v) is 6.05. The zero-order valence-corrected chi connectivity index (χ0v) is 17.7. The molecule has 1 aliphatic rings. The van der Waals surface area contributed by atoms with Gasteiger partial charge in [0.1, 0.15) is 5.75 Å². The van der Waals surface area contributed by atoms with Gasteiger partial charge in [-0.1, -0.05) is 18.2 Å². The smallest absolute Gasteiger partial charge is 0.270 e. The van der Waals surface area contributed by atoms with Crippen LogP contribution in [0, 0.1) is 24.0 Å². The topological polar surface area (TPSA) is 60.5 Å². The fourth-order valence-electron chi connectivity index (χ4n) is 4.35.